The van der Waals surface area contributed by atoms with Crippen molar-refractivity contribution in [3.05, 3.63) is 58.9 Å². The van der Waals surface area contributed by atoms with Gasteiger partial charge in [0, 0.05) is 10.0 Å². The summed E-state index contributed by atoms with van der Waals surface area (Å²) in [5, 5.41) is 10.4. The molecule has 1 heterocycles. The molecule has 116 valence electrons. The zero-order chi connectivity index (χ0) is 16.2. The van der Waals surface area contributed by atoms with Gasteiger partial charge in [-0.25, -0.2) is 0 Å². The number of methoxy groups -OCH3 is 1. The van der Waals surface area contributed by atoms with Crippen molar-refractivity contribution >= 4 is 27.5 Å². The van der Waals surface area contributed by atoms with Crippen LogP contribution in [0, 0.1) is 0 Å². The van der Waals surface area contributed by atoms with Crippen molar-refractivity contribution in [1.82, 2.24) is 10.2 Å². The Balaban J connectivity index is 1.81. The highest BCUT2D eigenvalue weighted by molar-refractivity contribution is 9.10. The van der Waals surface area contributed by atoms with Gasteiger partial charge >= 0.3 is 11.8 Å². The number of amides is 1. The average Bonchev–Trinajstić information content (AvgIpc) is 3.07. The second-order valence-electron chi connectivity index (χ2n) is 4.58. The van der Waals surface area contributed by atoms with Crippen LogP contribution in [0.2, 0.25) is 0 Å². The molecule has 3 rings (SSSR count). The normalized spacial score (nSPS) is 10.3. The van der Waals surface area contributed by atoms with Crippen molar-refractivity contribution in [3.8, 4) is 17.2 Å². The first-order valence-corrected chi connectivity index (χ1v) is 7.50. The molecule has 1 N–H and O–H groups in total. The van der Waals surface area contributed by atoms with E-state index in [-0.39, 0.29) is 11.8 Å². The van der Waals surface area contributed by atoms with Gasteiger partial charge in [-0.3, -0.25) is 4.79 Å². The highest BCUT2D eigenvalue weighted by Crippen LogP contribution is 2.24. The van der Waals surface area contributed by atoms with E-state index in [0.717, 1.165) is 4.47 Å². The highest BCUT2D eigenvalue weighted by atomic mass is 79.9. The molecule has 0 atom stereocenters. The van der Waals surface area contributed by atoms with Crippen LogP contribution in [0.4, 0.5) is 5.69 Å². The number of anilines is 1. The van der Waals surface area contributed by atoms with Crippen LogP contribution >= 0.6 is 15.9 Å². The number of aromatic nitrogens is 2. The monoisotopic (exact) mass is 373 g/mol. The van der Waals surface area contributed by atoms with Gasteiger partial charge < -0.3 is 14.5 Å². The van der Waals surface area contributed by atoms with Crippen LogP contribution in [0.3, 0.4) is 0 Å². The molecule has 0 saturated heterocycles. The van der Waals surface area contributed by atoms with Gasteiger partial charge in [-0.2, -0.15) is 0 Å². The number of nitrogens with zero attached hydrogens (tertiary/aromatic N) is 2. The minimum Gasteiger partial charge on any atom is -0.497 e. The Kier molecular flexibility index (Phi) is 4.38. The van der Waals surface area contributed by atoms with Crippen LogP contribution in [0.15, 0.2) is 57.4 Å². The Morgan fingerprint density at radius 3 is 2.78 bits per heavy atom. The molecule has 1 amide bonds. The number of carbonyl (C=O) groups excluding carboxylic acids is 1. The van der Waals surface area contributed by atoms with Gasteiger partial charge in [0.05, 0.1) is 12.8 Å². The Labute approximate surface area is 140 Å². The molecule has 6 nitrogen and oxygen atoms in total. The summed E-state index contributed by atoms with van der Waals surface area (Å²) in [6, 6.07) is 14.4. The van der Waals surface area contributed by atoms with E-state index in [1.165, 1.54) is 0 Å². The molecule has 0 aliphatic rings. The van der Waals surface area contributed by atoms with Crippen molar-refractivity contribution in [3.63, 3.8) is 0 Å². The van der Waals surface area contributed by atoms with Crippen molar-refractivity contribution in [1.29, 1.82) is 0 Å². The van der Waals surface area contributed by atoms with Crippen molar-refractivity contribution < 1.29 is 13.9 Å². The molecule has 2 aromatic carbocycles. The van der Waals surface area contributed by atoms with Crippen LogP contribution in [0.25, 0.3) is 11.5 Å². The van der Waals surface area contributed by atoms with Crippen molar-refractivity contribution in [2.24, 2.45) is 0 Å². The minimum atomic E-state index is -0.474. The number of nitrogens with one attached hydrogen (secondary N) is 1. The number of halogens is 1. The summed E-state index contributed by atoms with van der Waals surface area (Å²) >= 11 is 3.36. The number of rotatable bonds is 4. The summed E-state index contributed by atoms with van der Waals surface area (Å²) in [4.78, 5) is 12.2. The maximum Gasteiger partial charge on any atom is 0.313 e. The third-order valence-corrected chi connectivity index (χ3v) is 3.75. The quantitative estimate of drug-likeness (QED) is 0.753. The predicted octanol–water partition coefficient (Wildman–Crippen LogP) is 3.76. The van der Waals surface area contributed by atoms with E-state index in [1.54, 1.807) is 37.4 Å². The summed E-state index contributed by atoms with van der Waals surface area (Å²) in [6.45, 7) is 0. The molecule has 3 aromatic rings. The van der Waals surface area contributed by atoms with E-state index in [0.29, 0.717) is 17.0 Å². The third-order valence-electron chi connectivity index (χ3n) is 3.06. The van der Waals surface area contributed by atoms with Crippen LogP contribution < -0.4 is 10.1 Å². The number of hydrogen-bond acceptors (Lipinski definition) is 5. The Hall–Kier alpha value is -2.67. The Morgan fingerprint density at radius 1 is 1.17 bits per heavy atom. The lowest BCUT2D eigenvalue weighted by Gasteiger charge is -2.04. The molecular formula is C16H12BrN3O3. The molecule has 7 heteroatoms. The van der Waals surface area contributed by atoms with Crippen molar-refractivity contribution in [2.75, 3.05) is 12.4 Å². The molecule has 23 heavy (non-hydrogen) atoms. The third kappa shape index (κ3) is 3.40. The molecule has 0 aliphatic carbocycles. The molecule has 0 radical (unpaired) electrons. The molecule has 0 fully saturated rings. The van der Waals surface area contributed by atoms with Crippen LogP contribution in [-0.2, 0) is 0 Å². The largest absolute Gasteiger partial charge is 0.497 e. The lowest BCUT2D eigenvalue weighted by atomic mass is 10.2. The van der Waals surface area contributed by atoms with E-state index in [2.05, 4.69) is 31.4 Å². The predicted molar refractivity (Wildman–Crippen MR) is 88.4 cm³/mol. The second kappa shape index (κ2) is 6.62. The number of carbonyl (C=O) groups is 1. The Morgan fingerprint density at radius 2 is 2.00 bits per heavy atom. The van der Waals surface area contributed by atoms with Gasteiger partial charge in [0.15, 0.2) is 0 Å². The van der Waals surface area contributed by atoms with E-state index in [9.17, 15) is 4.79 Å². The van der Waals surface area contributed by atoms with E-state index in [1.807, 2.05) is 18.2 Å². The molecule has 1 aromatic heterocycles. The fourth-order valence-corrected chi connectivity index (χ4v) is 2.31. The maximum absolute atomic E-state index is 12.2. The summed E-state index contributed by atoms with van der Waals surface area (Å²) in [6.07, 6.45) is 0. The maximum atomic E-state index is 12.2. The van der Waals surface area contributed by atoms with Crippen molar-refractivity contribution in [2.45, 2.75) is 0 Å². The summed E-state index contributed by atoms with van der Waals surface area (Å²) < 4.78 is 11.4. The summed E-state index contributed by atoms with van der Waals surface area (Å²) in [5.41, 5.74) is 1.30. The van der Waals surface area contributed by atoms with Gasteiger partial charge in [0.1, 0.15) is 5.75 Å². The molecular weight excluding hydrogens is 362 g/mol. The number of para-hydroxylation sites is 1. The molecule has 0 aliphatic heterocycles. The first kappa shape index (κ1) is 15.2. The first-order chi connectivity index (χ1) is 11.2. The van der Waals surface area contributed by atoms with Gasteiger partial charge in [0.2, 0.25) is 5.89 Å². The lowest BCUT2D eigenvalue weighted by molar-refractivity contribution is 0.0991. The highest BCUT2D eigenvalue weighted by Gasteiger charge is 2.17. The zero-order valence-corrected chi connectivity index (χ0v) is 13.7. The molecule has 0 saturated carbocycles. The smallest absolute Gasteiger partial charge is 0.313 e. The van der Waals surface area contributed by atoms with Gasteiger partial charge in [-0.05, 0) is 46.3 Å². The van der Waals surface area contributed by atoms with Gasteiger partial charge in [0.25, 0.3) is 0 Å². The Bertz CT molecular complexity index is 848. The SMILES string of the molecule is COc1cccc(-c2nnc(C(=O)Nc3ccccc3Br)o2)c1. The molecule has 0 spiro atoms. The fraction of sp³-hybridized carbons (Fsp3) is 0.0625. The molecule has 0 bridgehead atoms. The van der Waals surface area contributed by atoms with Crippen LogP contribution in [-0.4, -0.2) is 23.2 Å². The number of benzene rings is 2. The van der Waals surface area contributed by atoms with E-state index >= 15 is 0 Å². The van der Waals surface area contributed by atoms with Crippen LogP contribution in [0.1, 0.15) is 10.7 Å². The second-order valence-corrected chi connectivity index (χ2v) is 5.43. The summed E-state index contributed by atoms with van der Waals surface area (Å²) in [5.74, 6) is 0.332. The minimum absolute atomic E-state index is 0.112. The first-order valence-electron chi connectivity index (χ1n) is 6.71. The zero-order valence-electron chi connectivity index (χ0n) is 12.1. The lowest BCUT2D eigenvalue weighted by Crippen LogP contribution is -2.12. The average molecular weight is 374 g/mol. The van der Waals surface area contributed by atoms with E-state index < -0.39 is 5.91 Å². The van der Waals surface area contributed by atoms with Gasteiger partial charge in [-0.1, -0.05) is 18.2 Å². The van der Waals surface area contributed by atoms with Crippen LogP contribution in [0.5, 0.6) is 5.75 Å². The summed E-state index contributed by atoms with van der Waals surface area (Å²) in [7, 11) is 1.57. The van der Waals surface area contributed by atoms with Gasteiger partial charge in [-0.15, -0.1) is 10.2 Å². The number of hydrogen-bond donors (Lipinski definition) is 1. The fourth-order valence-electron chi connectivity index (χ4n) is 1.93. The molecule has 0 unspecified atom stereocenters. The number of ether oxygens (including phenoxy) is 1. The van der Waals surface area contributed by atoms with E-state index in [4.69, 9.17) is 9.15 Å². The standard InChI is InChI=1S/C16H12BrN3O3/c1-22-11-6-4-5-10(9-11)15-19-20-16(23-15)14(21)18-13-8-3-2-7-12(13)17/h2-9H,1H3,(H,18,21). The topological polar surface area (TPSA) is 77.2 Å².